The Morgan fingerprint density at radius 3 is 2.61 bits per heavy atom. The normalized spacial score (nSPS) is 16.8. The summed E-state index contributed by atoms with van der Waals surface area (Å²) in [6.45, 7) is 1.78. The second kappa shape index (κ2) is 8.63. The number of carbonyl (C=O) groups excluding carboxylic acids is 2. The molecule has 0 fully saturated rings. The molecule has 10 heteroatoms. The number of fused-ring (bicyclic) bond motifs is 1. The topological polar surface area (TPSA) is 89.3 Å². The van der Waals surface area contributed by atoms with E-state index >= 15 is 0 Å². The molecule has 1 atom stereocenters. The van der Waals surface area contributed by atoms with Crippen molar-refractivity contribution in [3.8, 4) is 6.07 Å². The first-order valence-electron chi connectivity index (χ1n) is 9.48. The van der Waals surface area contributed by atoms with Crippen molar-refractivity contribution in [2.45, 2.75) is 25.6 Å². The Morgan fingerprint density at radius 2 is 2.00 bits per heavy atom. The molecule has 0 bridgehead atoms. The summed E-state index contributed by atoms with van der Waals surface area (Å²) < 4.78 is 40.2. The summed E-state index contributed by atoms with van der Waals surface area (Å²) in [5.41, 5.74) is -0.442. The van der Waals surface area contributed by atoms with E-state index in [1.54, 1.807) is 42.3 Å². The lowest BCUT2D eigenvalue weighted by Gasteiger charge is -2.35. The summed E-state index contributed by atoms with van der Waals surface area (Å²) in [4.78, 5) is 31.5. The van der Waals surface area contributed by atoms with Crippen molar-refractivity contribution in [2.75, 3.05) is 35.3 Å². The predicted octanol–water partition coefficient (Wildman–Crippen LogP) is 3.13. The quantitative estimate of drug-likeness (QED) is 0.749. The summed E-state index contributed by atoms with van der Waals surface area (Å²) in [5, 5.41) is 12.1. The van der Waals surface area contributed by atoms with Gasteiger partial charge in [0, 0.05) is 19.3 Å². The highest BCUT2D eigenvalue weighted by Crippen LogP contribution is 2.36. The number of alkyl halides is 3. The fourth-order valence-electron chi connectivity index (χ4n) is 3.59. The number of carbonyl (C=O) groups is 2. The van der Waals surface area contributed by atoms with Gasteiger partial charge in [0.05, 0.1) is 23.5 Å². The molecule has 0 spiro atoms. The highest BCUT2D eigenvalue weighted by Gasteiger charge is 2.37. The lowest BCUT2D eigenvalue weighted by Crippen LogP contribution is -2.46. The molecule has 2 heterocycles. The number of nitrogens with one attached hydrogen (secondary N) is 1. The minimum Gasteiger partial charge on any atom is -0.363 e. The first kappa shape index (κ1) is 22.1. The van der Waals surface area contributed by atoms with E-state index < -0.39 is 23.3 Å². The Balaban J connectivity index is 2.02. The Morgan fingerprint density at radius 1 is 1.32 bits per heavy atom. The van der Waals surface area contributed by atoms with Crippen molar-refractivity contribution in [3.63, 3.8) is 0 Å². The lowest BCUT2D eigenvalue weighted by molar-refractivity contribution is -0.137. The molecule has 1 aromatic heterocycles. The molecule has 1 amide bonds. The second-order valence-corrected chi connectivity index (χ2v) is 7.13. The lowest BCUT2D eigenvalue weighted by atomic mass is 10.1. The molecule has 0 radical (unpaired) electrons. The van der Waals surface area contributed by atoms with Gasteiger partial charge in [0.25, 0.3) is 0 Å². The average molecular weight is 431 g/mol. The van der Waals surface area contributed by atoms with Crippen molar-refractivity contribution in [3.05, 3.63) is 47.2 Å². The second-order valence-electron chi connectivity index (χ2n) is 7.13. The summed E-state index contributed by atoms with van der Waals surface area (Å²) in [7, 11) is 1.55. The van der Waals surface area contributed by atoms with E-state index in [-0.39, 0.29) is 30.4 Å². The average Bonchev–Trinajstić information content (AvgIpc) is 2.73. The number of halogens is 3. The molecule has 0 saturated heterocycles. The van der Waals surface area contributed by atoms with E-state index in [2.05, 4.69) is 10.3 Å². The van der Waals surface area contributed by atoms with Crippen LogP contribution in [0.5, 0.6) is 0 Å². The van der Waals surface area contributed by atoms with Crippen LogP contribution in [-0.4, -0.2) is 43.4 Å². The number of pyridine rings is 1. The van der Waals surface area contributed by atoms with Gasteiger partial charge in [-0.15, -0.1) is 0 Å². The molecular weight excluding hydrogens is 411 g/mol. The molecule has 1 aromatic carbocycles. The highest BCUT2D eigenvalue weighted by molar-refractivity contribution is 6.01. The van der Waals surface area contributed by atoms with Crippen molar-refractivity contribution in [2.24, 2.45) is 0 Å². The van der Waals surface area contributed by atoms with E-state index in [0.29, 0.717) is 17.9 Å². The summed E-state index contributed by atoms with van der Waals surface area (Å²) in [6.07, 6.45) is -3.81. The van der Waals surface area contributed by atoms with Gasteiger partial charge in [0.15, 0.2) is 0 Å². The molecule has 31 heavy (non-hydrogen) atoms. The van der Waals surface area contributed by atoms with Crippen LogP contribution in [0.3, 0.4) is 0 Å². The predicted molar refractivity (Wildman–Crippen MR) is 109 cm³/mol. The fraction of sp³-hybridized carbons (Fsp3) is 0.333. The minimum absolute atomic E-state index is 0.0633. The maximum absolute atomic E-state index is 13.4. The number of aldehydes is 1. The molecule has 7 nitrogen and oxygen atoms in total. The number of aryl methyl sites for hydroxylation is 1. The number of nitriles is 1. The highest BCUT2D eigenvalue weighted by atomic mass is 19.4. The van der Waals surface area contributed by atoms with Crippen LogP contribution in [0.4, 0.5) is 30.4 Å². The van der Waals surface area contributed by atoms with Gasteiger partial charge in [-0.25, -0.2) is 4.98 Å². The standard InChI is InChI=1S/C21H20F3N5O2/c1-13-11-15(21(22,23)24)14(12-25)19(26-13)27-16-7-8-29(9-10-30)18-6-4-3-5-17(18)28(2)20(16)31/h3-6,10-11,16H,7-9H2,1-2H3,(H,26,27). The number of benzene rings is 1. The Kier molecular flexibility index (Phi) is 6.15. The van der Waals surface area contributed by atoms with Crippen LogP contribution in [0.15, 0.2) is 30.3 Å². The number of hydrogen-bond donors (Lipinski definition) is 1. The van der Waals surface area contributed by atoms with Gasteiger partial charge in [0.2, 0.25) is 5.91 Å². The van der Waals surface area contributed by atoms with Gasteiger partial charge < -0.3 is 19.9 Å². The van der Waals surface area contributed by atoms with E-state index in [0.717, 1.165) is 12.4 Å². The maximum Gasteiger partial charge on any atom is 0.417 e. The molecular formula is C21H20F3N5O2. The van der Waals surface area contributed by atoms with Crippen LogP contribution in [0, 0.1) is 18.3 Å². The zero-order valence-corrected chi connectivity index (χ0v) is 16.9. The number of nitrogens with zero attached hydrogens (tertiary/aromatic N) is 4. The molecule has 1 N–H and O–H groups in total. The van der Waals surface area contributed by atoms with Crippen LogP contribution in [0.25, 0.3) is 0 Å². The Labute approximate surface area is 177 Å². The van der Waals surface area contributed by atoms with Crippen LogP contribution in [0.2, 0.25) is 0 Å². The van der Waals surface area contributed by atoms with Gasteiger partial charge >= 0.3 is 6.18 Å². The molecule has 0 aliphatic carbocycles. The van der Waals surface area contributed by atoms with Crippen LogP contribution < -0.4 is 15.1 Å². The number of aromatic nitrogens is 1. The smallest absolute Gasteiger partial charge is 0.363 e. The zero-order chi connectivity index (χ0) is 22.8. The minimum atomic E-state index is -4.74. The third-order valence-corrected chi connectivity index (χ3v) is 5.07. The molecule has 1 aliphatic heterocycles. The summed E-state index contributed by atoms with van der Waals surface area (Å²) in [5.74, 6) is -0.684. The summed E-state index contributed by atoms with van der Waals surface area (Å²) >= 11 is 0. The van der Waals surface area contributed by atoms with Crippen molar-refractivity contribution in [1.82, 2.24) is 4.98 Å². The number of likely N-dealkylation sites (N-methyl/N-ethyl adjacent to an activating group) is 1. The first-order valence-corrected chi connectivity index (χ1v) is 9.48. The molecule has 3 rings (SSSR count). The SMILES string of the molecule is Cc1cc(C(F)(F)F)c(C#N)c(NC2CCN(CC=O)c3ccccc3N(C)C2=O)n1. The zero-order valence-electron chi connectivity index (χ0n) is 16.9. The van der Waals surface area contributed by atoms with Crippen LogP contribution in [0.1, 0.15) is 23.2 Å². The molecule has 0 saturated carbocycles. The number of anilines is 3. The van der Waals surface area contributed by atoms with Crippen LogP contribution in [-0.2, 0) is 15.8 Å². The Bertz CT molecular complexity index is 1050. The van der Waals surface area contributed by atoms with Crippen molar-refractivity contribution >= 4 is 29.4 Å². The monoisotopic (exact) mass is 431 g/mol. The third kappa shape index (κ3) is 4.45. The first-order chi connectivity index (χ1) is 14.7. The van der Waals surface area contributed by atoms with E-state index in [1.165, 1.54) is 11.8 Å². The number of hydrogen-bond acceptors (Lipinski definition) is 6. The van der Waals surface area contributed by atoms with Gasteiger partial charge in [-0.1, -0.05) is 12.1 Å². The Hall–Kier alpha value is -3.61. The molecule has 1 unspecified atom stereocenters. The van der Waals surface area contributed by atoms with Gasteiger partial charge in [-0.3, -0.25) is 4.79 Å². The van der Waals surface area contributed by atoms with Crippen molar-refractivity contribution < 1.29 is 22.8 Å². The van der Waals surface area contributed by atoms with Gasteiger partial charge in [-0.05, 0) is 31.5 Å². The van der Waals surface area contributed by atoms with E-state index in [1.807, 2.05) is 0 Å². The van der Waals surface area contributed by atoms with Gasteiger partial charge in [0.1, 0.15) is 29.8 Å². The van der Waals surface area contributed by atoms with E-state index in [9.17, 15) is 28.0 Å². The molecule has 2 aromatic rings. The largest absolute Gasteiger partial charge is 0.417 e. The number of rotatable bonds is 4. The van der Waals surface area contributed by atoms with Crippen LogP contribution >= 0.6 is 0 Å². The molecule has 162 valence electrons. The summed E-state index contributed by atoms with van der Waals surface area (Å²) in [6, 6.07) is 8.47. The third-order valence-electron chi connectivity index (χ3n) is 5.07. The fourth-order valence-corrected chi connectivity index (χ4v) is 3.59. The molecule has 1 aliphatic rings. The maximum atomic E-state index is 13.4. The number of amides is 1. The number of para-hydroxylation sites is 2. The van der Waals surface area contributed by atoms with Gasteiger partial charge in [-0.2, -0.15) is 18.4 Å². The van der Waals surface area contributed by atoms with Crippen molar-refractivity contribution in [1.29, 1.82) is 5.26 Å². The van der Waals surface area contributed by atoms with E-state index in [4.69, 9.17) is 0 Å².